The first-order valence-corrected chi connectivity index (χ1v) is 8.54. The van der Waals surface area contributed by atoms with Crippen molar-refractivity contribution in [1.29, 1.82) is 0 Å². The molecule has 0 aliphatic carbocycles. The number of nitrogens with one attached hydrogen (secondary N) is 1. The highest BCUT2D eigenvalue weighted by atomic mass is 19.1. The van der Waals surface area contributed by atoms with Gasteiger partial charge >= 0.3 is 0 Å². The molecule has 1 fully saturated rings. The Hall–Kier alpha value is -1.71. The Bertz CT molecular complexity index is 574. The SMILES string of the molecule is Fc1ccc(CNC2CCN(CCc3ccccc3)CC2)cc1. The van der Waals surface area contributed by atoms with Gasteiger partial charge in [0, 0.05) is 19.1 Å². The van der Waals surface area contributed by atoms with Crippen LogP contribution in [-0.4, -0.2) is 30.6 Å². The van der Waals surface area contributed by atoms with E-state index in [1.165, 1.54) is 30.5 Å². The van der Waals surface area contributed by atoms with Crippen molar-refractivity contribution in [3.63, 3.8) is 0 Å². The molecule has 0 aromatic heterocycles. The first kappa shape index (κ1) is 16.2. The topological polar surface area (TPSA) is 15.3 Å². The number of benzene rings is 2. The lowest BCUT2D eigenvalue weighted by Gasteiger charge is -2.32. The second-order valence-corrected chi connectivity index (χ2v) is 6.36. The third-order valence-electron chi connectivity index (χ3n) is 4.66. The van der Waals surface area contributed by atoms with E-state index in [1.54, 1.807) is 0 Å². The minimum Gasteiger partial charge on any atom is -0.310 e. The van der Waals surface area contributed by atoms with Crippen molar-refractivity contribution in [3.8, 4) is 0 Å². The lowest BCUT2D eigenvalue weighted by molar-refractivity contribution is 0.199. The Kier molecular flexibility index (Phi) is 5.78. The zero-order chi connectivity index (χ0) is 15.9. The van der Waals surface area contributed by atoms with Crippen molar-refractivity contribution in [1.82, 2.24) is 10.2 Å². The highest BCUT2D eigenvalue weighted by Crippen LogP contribution is 2.12. The molecule has 1 aliphatic rings. The predicted octanol–water partition coefficient (Wildman–Crippen LogP) is 3.62. The molecule has 1 heterocycles. The molecule has 2 aromatic carbocycles. The van der Waals surface area contributed by atoms with Gasteiger partial charge in [-0.25, -0.2) is 4.39 Å². The van der Waals surface area contributed by atoms with Crippen molar-refractivity contribution in [3.05, 3.63) is 71.5 Å². The largest absolute Gasteiger partial charge is 0.310 e. The third-order valence-corrected chi connectivity index (χ3v) is 4.66. The lowest BCUT2D eigenvalue weighted by atomic mass is 10.0. The molecule has 0 saturated carbocycles. The van der Waals surface area contributed by atoms with Gasteiger partial charge in [0.1, 0.15) is 5.82 Å². The number of likely N-dealkylation sites (tertiary alicyclic amines) is 1. The summed E-state index contributed by atoms with van der Waals surface area (Å²) in [6.45, 7) is 4.30. The summed E-state index contributed by atoms with van der Waals surface area (Å²) in [5.74, 6) is -0.166. The van der Waals surface area contributed by atoms with Crippen LogP contribution in [0.15, 0.2) is 54.6 Å². The quantitative estimate of drug-likeness (QED) is 0.876. The third kappa shape index (κ3) is 5.15. The molecule has 3 rings (SSSR count). The minimum atomic E-state index is -0.166. The van der Waals surface area contributed by atoms with Crippen LogP contribution in [0.3, 0.4) is 0 Å². The van der Waals surface area contributed by atoms with E-state index in [9.17, 15) is 4.39 Å². The van der Waals surface area contributed by atoms with Crippen molar-refractivity contribution in [2.24, 2.45) is 0 Å². The fourth-order valence-electron chi connectivity index (χ4n) is 3.16. The molecule has 1 saturated heterocycles. The maximum absolute atomic E-state index is 12.9. The highest BCUT2D eigenvalue weighted by molar-refractivity contribution is 5.16. The zero-order valence-corrected chi connectivity index (χ0v) is 13.5. The van der Waals surface area contributed by atoms with Crippen LogP contribution in [-0.2, 0) is 13.0 Å². The van der Waals surface area contributed by atoms with Crippen LogP contribution in [0.5, 0.6) is 0 Å². The number of nitrogens with zero attached hydrogens (tertiary/aromatic N) is 1. The summed E-state index contributed by atoms with van der Waals surface area (Å²) >= 11 is 0. The maximum Gasteiger partial charge on any atom is 0.123 e. The molecule has 23 heavy (non-hydrogen) atoms. The average molecular weight is 312 g/mol. The monoisotopic (exact) mass is 312 g/mol. The van der Waals surface area contributed by atoms with Crippen molar-refractivity contribution >= 4 is 0 Å². The number of hydrogen-bond donors (Lipinski definition) is 1. The Morgan fingerprint density at radius 1 is 0.913 bits per heavy atom. The first-order chi connectivity index (χ1) is 11.3. The number of hydrogen-bond acceptors (Lipinski definition) is 2. The van der Waals surface area contributed by atoms with Gasteiger partial charge in [-0.15, -0.1) is 0 Å². The molecule has 122 valence electrons. The molecule has 0 bridgehead atoms. The van der Waals surface area contributed by atoms with Crippen LogP contribution in [0.2, 0.25) is 0 Å². The molecule has 0 amide bonds. The summed E-state index contributed by atoms with van der Waals surface area (Å²) in [4.78, 5) is 2.56. The molecule has 2 aromatic rings. The van der Waals surface area contributed by atoms with Crippen LogP contribution in [0.25, 0.3) is 0 Å². The molecule has 1 aliphatic heterocycles. The summed E-state index contributed by atoms with van der Waals surface area (Å²) in [6, 6.07) is 18.1. The minimum absolute atomic E-state index is 0.166. The second kappa shape index (κ2) is 8.23. The van der Waals surface area contributed by atoms with Gasteiger partial charge in [-0.2, -0.15) is 0 Å². The Balaban J connectivity index is 1.36. The summed E-state index contributed by atoms with van der Waals surface area (Å²) in [7, 11) is 0. The first-order valence-electron chi connectivity index (χ1n) is 8.54. The standard InChI is InChI=1S/C20H25FN2/c21-19-8-6-18(7-9-19)16-22-20-11-14-23(15-12-20)13-10-17-4-2-1-3-5-17/h1-9,20,22H,10-16H2. The summed E-state index contributed by atoms with van der Waals surface area (Å²) < 4.78 is 12.9. The van der Waals surface area contributed by atoms with E-state index in [-0.39, 0.29) is 5.82 Å². The van der Waals surface area contributed by atoms with Gasteiger partial charge < -0.3 is 10.2 Å². The highest BCUT2D eigenvalue weighted by Gasteiger charge is 2.18. The number of halogens is 1. The number of rotatable bonds is 6. The molecule has 1 N–H and O–H groups in total. The molecule has 0 unspecified atom stereocenters. The zero-order valence-electron chi connectivity index (χ0n) is 13.5. The Morgan fingerprint density at radius 3 is 2.30 bits per heavy atom. The van der Waals surface area contributed by atoms with Crippen molar-refractivity contribution in [2.45, 2.75) is 31.8 Å². The number of piperidine rings is 1. The van der Waals surface area contributed by atoms with Gasteiger partial charge in [0.2, 0.25) is 0 Å². The molecule has 0 atom stereocenters. The van der Waals surface area contributed by atoms with E-state index in [0.717, 1.165) is 38.2 Å². The van der Waals surface area contributed by atoms with Crippen LogP contribution in [0.1, 0.15) is 24.0 Å². The molecule has 0 radical (unpaired) electrons. The van der Waals surface area contributed by atoms with Gasteiger partial charge in [0.25, 0.3) is 0 Å². The molecular formula is C20H25FN2. The Labute approximate surface area is 138 Å². The second-order valence-electron chi connectivity index (χ2n) is 6.36. The smallest absolute Gasteiger partial charge is 0.123 e. The van der Waals surface area contributed by atoms with E-state index in [2.05, 4.69) is 40.5 Å². The molecule has 2 nitrogen and oxygen atoms in total. The van der Waals surface area contributed by atoms with Gasteiger partial charge in [0.05, 0.1) is 0 Å². The van der Waals surface area contributed by atoms with Crippen LogP contribution in [0.4, 0.5) is 4.39 Å². The van der Waals surface area contributed by atoms with E-state index in [1.807, 2.05) is 12.1 Å². The van der Waals surface area contributed by atoms with Gasteiger partial charge in [-0.1, -0.05) is 42.5 Å². The fourth-order valence-corrected chi connectivity index (χ4v) is 3.16. The van der Waals surface area contributed by atoms with E-state index in [0.29, 0.717) is 6.04 Å². The van der Waals surface area contributed by atoms with Crippen molar-refractivity contribution in [2.75, 3.05) is 19.6 Å². The van der Waals surface area contributed by atoms with Crippen LogP contribution >= 0.6 is 0 Å². The van der Waals surface area contributed by atoms with Crippen LogP contribution in [0, 0.1) is 5.82 Å². The predicted molar refractivity (Wildman–Crippen MR) is 92.8 cm³/mol. The van der Waals surface area contributed by atoms with Crippen LogP contribution < -0.4 is 5.32 Å². The Morgan fingerprint density at radius 2 is 1.61 bits per heavy atom. The van der Waals surface area contributed by atoms with E-state index >= 15 is 0 Å². The average Bonchev–Trinajstić information content (AvgIpc) is 2.61. The summed E-state index contributed by atoms with van der Waals surface area (Å²) in [6.07, 6.45) is 3.51. The fraction of sp³-hybridized carbons (Fsp3) is 0.400. The lowest BCUT2D eigenvalue weighted by Crippen LogP contribution is -2.42. The van der Waals surface area contributed by atoms with Gasteiger partial charge in [0.15, 0.2) is 0 Å². The molecule has 3 heteroatoms. The van der Waals surface area contributed by atoms with E-state index < -0.39 is 0 Å². The van der Waals surface area contributed by atoms with Crippen molar-refractivity contribution < 1.29 is 4.39 Å². The molecular weight excluding hydrogens is 287 g/mol. The summed E-state index contributed by atoms with van der Waals surface area (Å²) in [5, 5.41) is 3.60. The van der Waals surface area contributed by atoms with E-state index in [4.69, 9.17) is 0 Å². The normalized spacial score (nSPS) is 16.6. The molecule has 0 spiro atoms. The summed E-state index contributed by atoms with van der Waals surface area (Å²) in [5.41, 5.74) is 2.57. The maximum atomic E-state index is 12.9. The van der Waals surface area contributed by atoms with Gasteiger partial charge in [-0.05, 0) is 55.6 Å². The van der Waals surface area contributed by atoms with Gasteiger partial charge in [-0.3, -0.25) is 0 Å².